The van der Waals surface area contributed by atoms with Crippen LogP contribution in [0.25, 0.3) is 11.0 Å². The highest BCUT2D eigenvalue weighted by Gasteiger charge is 2.46. The first-order valence-electron chi connectivity index (χ1n) is 16.3. The summed E-state index contributed by atoms with van der Waals surface area (Å²) < 4.78 is 25.9. The Bertz CT molecular complexity index is 1270. The number of aromatic nitrogens is 2. The second kappa shape index (κ2) is 12.5. The van der Waals surface area contributed by atoms with E-state index in [4.69, 9.17) is 14.0 Å². The van der Waals surface area contributed by atoms with Gasteiger partial charge in [0.05, 0.1) is 30.4 Å². The molecule has 41 heavy (non-hydrogen) atoms. The third-order valence-electron chi connectivity index (χ3n) is 10.3. The summed E-state index contributed by atoms with van der Waals surface area (Å²) in [5.41, 5.74) is 1.65. The fraction of sp³-hybridized carbons (Fsp3) is 0.750. The summed E-state index contributed by atoms with van der Waals surface area (Å²) in [4.78, 5) is 21.7. The van der Waals surface area contributed by atoms with E-state index in [0.29, 0.717) is 37.7 Å². The molecule has 1 aromatic heterocycles. The third-order valence-corrected chi connectivity index (χ3v) is 12.3. The molecule has 9 heteroatoms. The van der Waals surface area contributed by atoms with Crippen LogP contribution in [0, 0.1) is 17.8 Å². The van der Waals surface area contributed by atoms with Crippen molar-refractivity contribution in [3.63, 3.8) is 0 Å². The molecule has 4 fully saturated rings. The van der Waals surface area contributed by atoms with Crippen LogP contribution in [0.5, 0.6) is 0 Å². The summed E-state index contributed by atoms with van der Waals surface area (Å²) in [5.74, 6) is 3.03. The molecule has 3 heterocycles. The summed E-state index contributed by atoms with van der Waals surface area (Å²) in [7, 11) is -3.21. The van der Waals surface area contributed by atoms with E-state index in [1.54, 1.807) is 0 Å². The van der Waals surface area contributed by atoms with Crippen LogP contribution in [0.1, 0.15) is 91.0 Å². The molecule has 4 aliphatic rings. The molecule has 226 valence electrons. The van der Waals surface area contributed by atoms with Gasteiger partial charge < -0.3 is 18.9 Å². The minimum atomic E-state index is -3.21. The first-order chi connectivity index (χ1) is 19.9. The van der Waals surface area contributed by atoms with Gasteiger partial charge in [-0.15, -0.1) is 0 Å². The minimum absolute atomic E-state index is 0.0796. The Morgan fingerprint density at radius 2 is 1.56 bits per heavy atom. The maximum Gasteiger partial charge on any atom is 0.332 e. The lowest BCUT2D eigenvalue weighted by molar-refractivity contribution is -0.0524. The molecule has 8 nitrogen and oxygen atoms in total. The Morgan fingerprint density at radius 3 is 2.22 bits per heavy atom. The number of rotatable bonds is 10. The van der Waals surface area contributed by atoms with E-state index in [9.17, 15) is 9.36 Å². The molecule has 4 bridgehead atoms. The lowest BCUT2D eigenvalue weighted by atomic mass is 9.65. The van der Waals surface area contributed by atoms with E-state index < -0.39 is 7.60 Å². The zero-order valence-electron chi connectivity index (χ0n) is 25.2. The number of nitrogens with one attached hydrogen (secondary N) is 1. The van der Waals surface area contributed by atoms with Gasteiger partial charge in [0.15, 0.2) is 5.82 Å². The van der Waals surface area contributed by atoms with Crippen LogP contribution in [0.3, 0.4) is 0 Å². The molecular formula is C32H49N4O4P. The second-order valence-electron chi connectivity index (χ2n) is 13.2. The van der Waals surface area contributed by atoms with Gasteiger partial charge in [0, 0.05) is 30.7 Å². The van der Waals surface area contributed by atoms with Crippen LogP contribution in [-0.2, 0) is 13.6 Å². The van der Waals surface area contributed by atoms with Crippen molar-refractivity contribution in [3.05, 3.63) is 34.6 Å². The van der Waals surface area contributed by atoms with Gasteiger partial charge in [0.2, 0.25) is 0 Å². The minimum Gasteiger partial charge on any atom is -0.365 e. The van der Waals surface area contributed by atoms with Crippen LogP contribution in [-0.4, -0.2) is 58.5 Å². The first kappa shape index (κ1) is 29.3. The number of nitrogens with zero attached hydrogens (tertiary/aromatic N) is 3. The zero-order valence-corrected chi connectivity index (χ0v) is 26.1. The Morgan fingerprint density at radius 1 is 0.902 bits per heavy atom. The SMILES string of the molecule is CCOP(=O)(CCNc1nc2ccccc2n([C@H]2C[C@H]3CCC[C@@H](C2)N3[C@H]2C[C@@H]3C[C@@H](C)C[C@@H](C3)C2)c1=O)OCC. The average Bonchev–Trinajstić information content (AvgIpc) is 2.92. The smallest absolute Gasteiger partial charge is 0.332 e. The summed E-state index contributed by atoms with van der Waals surface area (Å²) in [6.45, 7) is 7.01. The summed E-state index contributed by atoms with van der Waals surface area (Å²) >= 11 is 0. The van der Waals surface area contributed by atoms with Crippen molar-refractivity contribution < 1.29 is 13.6 Å². The van der Waals surface area contributed by atoms with Crippen molar-refractivity contribution in [1.82, 2.24) is 14.5 Å². The van der Waals surface area contributed by atoms with E-state index in [1.807, 2.05) is 42.7 Å². The topological polar surface area (TPSA) is 85.7 Å². The molecule has 0 spiro atoms. The van der Waals surface area contributed by atoms with Crippen LogP contribution >= 0.6 is 7.60 Å². The number of fused-ring (bicyclic) bond motifs is 5. The first-order valence-corrected chi connectivity index (χ1v) is 18.0. The van der Waals surface area contributed by atoms with Crippen molar-refractivity contribution in [2.24, 2.45) is 17.8 Å². The number of benzene rings is 1. The number of hydrogen-bond donors (Lipinski definition) is 1. The summed E-state index contributed by atoms with van der Waals surface area (Å²) in [5, 5.41) is 3.21. The van der Waals surface area contributed by atoms with Crippen molar-refractivity contribution in [3.8, 4) is 0 Å². The van der Waals surface area contributed by atoms with Crippen LogP contribution in [0.4, 0.5) is 5.82 Å². The Hall–Kier alpha value is -1.73. The Kier molecular flexibility index (Phi) is 8.93. The fourth-order valence-corrected chi connectivity index (χ4v) is 10.6. The van der Waals surface area contributed by atoms with E-state index in [1.165, 1.54) is 51.4 Å². The molecule has 0 amide bonds. The highest BCUT2D eigenvalue weighted by atomic mass is 31.2. The van der Waals surface area contributed by atoms with Crippen molar-refractivity contribution in [2.75, 3.05) is 31.2 Å². The van der Waals surface area contributed by atoms with Gasteiger partial charge in [-0.25, -0.2) is 4.98 Å². The van der Waals surface area contributed by atoms with Crippen LogP contribution in [0.2, 0.25) is 0 Å². The highest BCUT2D eigenvalue weighted by Crippen LogP contribution is 2.49. The molecule has 2 saturated heterocycles. The number of piperidine rings is 2. The van der Waals surface area contributed by atoms with Gasteiger partial charge in [-0.05, 0) is 102 Å². The van der Waals surface area contributed by atoms with Crippen LogP contribution < -0.4 is 10.9 Å². The molecule has 2 aliphatic carbocycles. The quantitative estimate of drug-likeness (QED) is 0.306. The molecule has 6 rings (SSSR count). The molecule has 1 N–H and O–H groups in total. The van der Waals surface area contributed by atoms with Crippen molar-refractivity contribution >= 4 is 24.4 Å². The number of anilines is 1. The standard InChI is InChI=1S/C32H49N4O4P/c1-4-39-41(38,40-5-2)14-13-33-31-32(37)36(30-12-7-6-11-29(30)34-31)28-20-25-9-8-10-26(21-28)35(25)27-18-23-15-22(3)16-24(17-23)19-27/h6-7,11-12,22-28H,4-5,8-10,13-21H2,1-3H3,(H,33,34)/t22-,23-,24+,25-,26+,27+,28+. The van der Waals surface area contributed by atoms with Gasteiger partial charge in [0.1, 0.15) is 0 Å². The summed E-state index contributed by atoms with van der Waals surface area (Å²) in [6.07, 6.45) is 13.0. The number of para-hydroxylation sites is 2. The van der Waals surface area contributed by atoms with E-state index in [0.717, 1.165) is 47.7 Å². The fourth-order valence-electron chi connectivity index (χ4n) is 9.09. The normalized spacial score (nSPS) is 32.2. The Balaban J connectivity index is 1.24. The maximum absolute atomic E-state index is 14.0. The monoisotopic (exact) mass is 584 g/mol. The zero-order chi connectivity index (χ0) is 28.6. The molecule has 1 aromatic carbocycles. The molecule has 7 atom stereocenters. The Labute approximate surface area is 245 Å². The molecule has 2 aliphatic heterocycles. The average molecular weight is 585 g/mol. The third kappa shape index (κ3) is 6.18. The largest absolute Gasteiger partial charge is 0.365 e. The molecule has 0 radical (unpaired) electrons. The highest BCUT2D eigenvalue weighted by molar-refractivity contribution is 7.53. The van der Waals surface area contributed by atoms with E-state index in [-0.39, 0.29) is 17.8 Å². The van der Waals surface area contributed by atoms with Gasteiger partial charge in [-0.2, -0.15) is 0 Å². The predicted octanol–water partition coefficient (Wildman–Crippen LogP) is 6.85. The van der Waals surface area contributed by atoms with E-state index >= 15 is 0 Å². The predicted molar refractivity (Wildman–Crippen MR) is 165 cm³/mol. The van der Waals surface area contributed by atoms with Gasteiger partial charge in [0.25, 0.3) is 5.56 Å². The lowest BCUT2D eigenvalue weighted by Gasteiger charge is -2.55. The number of hydrogen-bond acceptors (Lipinski definition) is 7. The maximum atomic E-state index is 14.0. The van der Waals surface area contributed by atoms with Gasteiger partial charge in [-0.1, -0.05) is 25.5 Å². The second-order valence-corrected chi connectivity index (χ2v) is 15.4. The van der Waals surface area contributed by atoms with Gasteiger partial charge >= 0.3 is 7.60 Å². The molecule has 2 saturated carbocycles. The molecular weight excluding hydrogens is 535 g/mol. The van der Waals surface area contributed by atoms with Gasteiger partial charge in [-0.3, -0.25) is 14.3 Å². The lowest BCUT2D eigenvalue weighted by Crippen LogP contribution is -2.58. The van der Waals surface area contributed by atoms with E-state index in [2.05, 4.69) is 17.1 Å². The van der Waals surface area contributed by atoms with Crippen LogP contribution in [0.15, 0.2) is 29.1 Å². The molecule has 2 aromatic rings. The van der Waals surface area contributed by atoms with Crippen molar-refractivity contribution in [1.29, 1.82) is 0 Å². The van der Waals surface area contributed by atoms with Crippen molar-refractivity contribution in [2.45, 2.75) is 109 Å². The molecule has 0 unspecified atom stereocenters. The summed E-state index contributed by atoms with van der Waals surface area (Å²) in [6, 6.07) is 9.98.